The highest BCUT2D eigenvalue weighted by molar-refractivity contribution is 5.72. The predicted octanol–water partition coefficient (Wildman–Crippen LogP) is 9.52. The molecule has 204 valence electrons. The third kappa shape index (κ3) is 4.98. The molecule has 36 heavy (non-hydrogen) atoms. The van der Waals surface area contributed by atoms with Gasteiger partial charge in [-0.05, 0) is 104 Å². The van der Waals surface area contributed by atoms with Crippen molar-refractivity contribution in [2.24, 2.45) is 52.3 Å². The Balaban J connectivity index is 1.23. The predicted molar refractivity (Wildman–Crippen MR) is 150 cm³/mol. The third-order valence-corrected chi connectivity index (χ3v) is 12.5. The van der Waals surface area contributed by atoms with Crippen molar-refractivity contribution in [1.29, 1.82) is 0 Å². The molecule has 0 heterocycles. The maximum atomic E-state index is 12.8. The van der Waals surface area contributed by atoms with Gasteiger partial charge in [-0.3, -0.25) is 4.79 Å². The first-order valence-electron chi connectivity index (χ1n) is 16.1. The zero-order chi connectivity index (χ0) is 25.5. The zero-order valence-corrected chi connectivity index (χ0v) is 24.3. The molecule has 4 fully saturated rings. The van der Waals surface area contributed by atoms with Gasteiger partial charge in [-0.2, -0.15) is 0 Å². The van der Waals surface area contributed by atoms with E-state index >= 15 is 0 Å². The van der Waals surface area contributed by atoms with Crippen molar-refractivity contribution in [3.8, 4) is 0 Å². The molecule has 2 heteroatoms. The summed E-state index contributed by atoms with van der Waals surface area (Å²) in [6.07, 6.45) is 23.2. The molecule has 0 amide bonds. The minimum Gasteiger partial charge on any atom is -0.462 e. The zero-order valence-electron chi connectivity index (χ0n) is 24.3. The summed E-state index contributed by atoms with van der Waals surface area (Å²) < 4.78 is 6.15. The lowest BCUT2D eigenvalue weighted by molar-refractivity contribution is -0.157. The van der Waals surface area contributed by atoms with Crippen LogP contribution >= 0.6 is 0 Å². The smallest absolute Gasteiger partial charge is 0.309 e. The van der Waals surface area contributed by atoms with E-state index in [0.29, 0.717) is 10.8 Å². The fraction of sp³-hybridized carbons (Fsp3) is 0.912. The molecule has 0 aromatic carbocycles. The number of hydrogen-bond donors (Lipinski definition) is 0. The highest BCUT2D eigenvalue weighted by Gasteiger charge is 2.59. The van der Waals surface area contributed by atoms with Gasteiger partial charge >= 0.3 is 5.97 Å². The van der Waals surface area contributed by atoms with Crippen LogP contribution in [0.4, 0.5) is 0 Å². The molecule has 5 rings (SSSR count). The summed E-state index contributed by atoms with van der Waals surface area (Å²) in [5.41, 5.74) is 2.56. The van der Waals surface area contributed by atoms with E-state index in [1.807, 2.05) is 0 Å². The number of allylic oxidation sites excluding steroid dienone is 1. The van der Waals surface area contributed by atoms with Crippen LogP contribution in [0.2, 0.25) is 0 Å². The van der Waals surface area contributed by atoms with Crippen LogP contribution in [-0.2, 0) is 9.53 Å². The van der Waals surface area contributed by atoms with E-state index in [1.165, 1.54) is 77.0 Å². The molecule has 0 aromatic rings. The second-order valence-electron chi connectivity index (χ2n) is 14.9. The van der Waals surface area contributed by atoms with Crippen LogP contribution in [0.1, 0.15) is 137 Å². The molecule has 0 spiro atoms. The summed E-state index contributed by atoms with van der Waals surface area (Å²) in [5.74, 6) is 5.60. The normalized spacial score (nSPS) is 41.7. The molecule has 2 nitrogen and oxygen atoms in total. The quantitative estimate of drug-likeness (QED) is 0.259. The van der Waals surface area contributed by atoms with Gasteiger partial charge in [0.15, 0.2) is 0 Å². The Morgan fingerprint density at radius 1 is 0.944 bits per heavy atom. The van der Waals surface area contributed by atoms with Crippen LogP contribution in [0.15, 0.2) is 11.6 Å². The highest BCUT2D eigenvalue weighted by Crippen LogP contribution is 2.67. The lowest BCUT2D eigenvalue weighted by Crippen LogP contribution is -2.51. The highest BCUT2D eigenvalue weighted by atomic mass is 16.5. The summed E-state index contributed by atoms with van der Waals surface area (Å²) in [7, 11) is 0. The van der Waals surface area contributed by atoms with Gasteiger partial charge in [0.2, 0.25) is 0 Å². The summed E-state index contributed by atoms with van der Waals surface area (Å²) in [4.78, 5) is 12.8. The van der Waals surface area contributed by atoms with Crippen molar-refractivity contribution in [2.75, 3.05) is 0 Å². The molecule has 5 aliphatic rings. The number of carbonyl (C=O) groups is 1. The fourth-order valence-corrected chi connectivity index (χ4v) is 10.4. The molecule has 0 bridgehead atoms. The van der Waals surface area contributed by atoms with Gasteiger partial charge in [-0.25, -0.2) is 0 Å². The summed E-state index contributed by atoms with van der Waals surface area (Å²) in [6.45, 7) is 12.6. The first-order valence-corrected chi connectivity index (χ1v) is 16.1. The minimum absolute atomic E-state index is 0.116. The van der Waals surface area contributed by atoms with Gasteiger partial charge in [0, 0.05) is 6.42 Å². The van der Waals surface area contributed by atoms with Crippen molar-refractivity contribution < 1.29 is 9.53 Å². The fourth-order valence-electron chi connectivity index (χ4n) is 10.4. The van der Waals surface area contributed by atoms with Crippen LogP contribution < -0.4 is 0 Å². The van der Waals surface area contributed by atoms with Crippen LogP contribution in [0, 0.1) is 52.3 Å². The maximum Gasteiger partial charge on any atom is 0.309 e. The number of hydrogen-bond acceptors (Lipinski definition) is 2. The molecule has 0 aromatic heterocycles. The Kier molecular flexibility index (Phi) is 8.01. The van der Waals surface area contributed by atoms with Gasteiger partial charge in [-0.1, -0.05) is 84.8 Å². The molecule has 0 N–H and O–H groups in total. The molecular weight excluding hydrogens is 440 g/mol. The Morgan fingerprint density at radius 3 is 2.47 bits per heavy atom. The van der Waals surface area contributed by atoms with Gasteiger partial charge in [0.05, 0.1) is 5.92 Å². The van der Waals surface area contributed by atoms with Gasteiger partial charge < -0.3 is 4.74 Å². The van der Waals surface area contributed by atoms with Crippen molar-refractivity contribution in [3.63, 3.8) is 0 Å². The monoisotopic (exact) mass is 496 g/mol. The Morgan fingerprint density at radius 2 is 1.72 bits per heavy atom. The van der Waals surface area contributed by atoms with Crippen LogP contribution in [0.25, 0.3) is 0 Å². The van der Waals surface area contributed by atoms with Crippen molar-refractivity contribution >= 4 is 5.97 Å². The lowest BCUT2D eigenvalue weighted by Gasteiger charge is -2.58. The van der Waals surface area contributed by atoms with Crippen molar-refractivity contribution in [1.82, 2.24) is 0 Å². The van der Waals surface area contributed by atoms with E-state index in [-0.39, 0.29) is 18.0 Å². The molecular formula is C34H56O2. The summed E-state index contributed by atoms with van der Waals surface area (Å²) in [6, 6.07) is 0. The van der Waals surface area contributed by atoms with Crippen LogP contribution in [-0.4, -0.2) is 12.1 Å². The SMILES string of the molecule is CC(C)CCCC(C)C1CCC2C3CC=C4CC(OC(=O)C5CCCCC5)CCC4(C)C3CCC12C. The van der Waals surface area contributed by atoms with E-state index in [4.69, 9.17) is 4.74 Å². The molecule has 0 saturated heterocycles. The second kappa shape index (κ2) is 10.8. The first-order chi connectivity index (χ1) is 17.2. The minimum atomic E-state index is 0.116. The summed E-state index contributed by atoms with van der Waals surface area (Å²) in [5, 5.41) is 0. The van der Waals surface area contributed by atoms with Gasteiger partial charge in [0.25, 0.3) is 0 Å². The van der Waals surface area contributed by atoms with Gasteiger partial charge in [-0.15, -0.1) is 0 Å². The Labute approximate surface area is 222 Å². The molecule has 8 atom stereocenters. The molecule has 0 aliphatic heterocycles. The molecule has 4 saturated carbocycles. The Hall–Kier alpha value is -0.790. The number of carbonyl (C=O) groups excluding carboxylic acids is 1. The average Bonchev–Trinajstić information content (AvgIpc) is 3.22. The second-order valence-corrected chi connectivity index (χ2v) is 14.9. The van der Waals surface area contributed by atoms with Crippen LogP contribution in [0.3, 0.4) is 0 Å². The lowest BCUT2D eigenvalue weighted by atomic mass is 9.47. The van der Waals surface area contributed by atoms with E-state index in [2.05, 4.69) is 40.7 Å². The van der Waals surface area contributed by atoms with E-state index in [0.717, 1.165) is 61.2 Å². The van der Waals surface area contributed by atoms with E-state index in [9.17, 15) is 4.79 Å². The first kappa shape index (κ1) is 26.8. The summed E-state index contributed by atoms with van der Waals surface area (Å²) >= 11 is 0. The number of fused-ring (bicyclic) bond motifs is 5. The number of esters is 1. The average molecular weight is 497 g/mol. The molecule has 0 radical (unpaired) electrons. The topological polar surface area (TPSA) is 26.3 Å². The number of rotatable bonds is 7. The van der Waals surface area contributed by atoms with E-state index < -0.39 is 0 Å². The third-order valence-electron chi connectivity index (χ3n) is 12.5. The Bertz CT molecular complexity index is 806. The largest absolute Gasteiger partial charge is 0.462 e. The van der Waals surface area contributed by atoms with Gasteiger partial charge in [0.1, 0.15) is 6.10 Å². The van der Waals surface area contributed by atoms with Crippen molar-refractivity contribution in [2.45, 2.75) is 143 Å². The molecule has 8 unspecified atom stereocenters. The maximum absolute atomic E-state index is 12.8. The molecule has 5 aliphatic carbocycles. The van der Waals surface area contributed by atoms with Crippen molar-refractivity contribution in [3.05, 3.63) is 11.6 Å². The standard InChI is InChI=1S/C34H56O2/c1-23(2)10-9-11-24(3)29-16-17-30-28-15-14-26-22-27(36-32(35)25-12-7-6-8-13-25)18-20-33(26,4)31(28)19-21-34(29,30)5/h14,23-25,27-31H,6-13,15-22H2,1-5H3. The number of ether oxygens (including phenoxy) is 1. The van der Waals surface area contributed by atoms with Crippen LogP contribution in [0.5, 0.6) is 0 Å². The van der Waals surface area contributed by atoms with E-state index in [1.54, 1.807) is 5.57 Å².